The summed E-state index contributed by atoms with van der Waals surface area (Å²) >= 11 is 0. The van der Waals surface area contributed by atoms with Crippen LogP contribution in [-0.4, -0.2) is 62.5 Å². The van der Waals surface area contributed by atoms with Crippen LogP contribution in [0.2, 0.25) is 0 Å². The van der Waals surface area contributed by atoms with E-state index in [4.69, 9.17) is 4.74 Å². The van der Waals surface area contributed by atoms with E-state index in [1.54, 1.807) is 30.5 Å². The highest BCUT2D eigenvalue weighted by atomic mass is 32.2. The number of carbonyl (C=O) groups excluding carboxylic acids is 2. The van der Waals surface area contributed by atoms with E-state index in [1.165, 1.54) is 13.2 Å². The second kappa shape index (κ2) is 10.0. The van der Waals surface area contributed by atoms with Gasteiger partial charge in [-0.1, -0.05) is 13.0 Å². The van der Waals surface area contributed by atoms with Gasteiger partial charge in [0.15, 0.2) is 5.03 Å². The third-order valence-corrected chi connectivity index (χ3v) is 8.16. The first kappa shape index (κ1) is 25.9. The van der Waals surface area contributed by atoms with Gasteiger partial charge in [-0.2, -0.15) is 8.42 Å². The normalized spacial score (nSPS) is 20.3. The molecule has 2 aliphatic heterocycles. The number of sulfonamides is 1. The molecule has 4 heterocycles. The Morgan fingerprint density at radius 3 is 2.50 bits per heavy atom. The maximum Gasteiger partial charge on any atom is 0.308 e. The summed E-state index contributed by atoms with van der Waals surface area (Å²) in [5.74, 6) is 0.210. The minimum absolute atomic E-state index is 0.172. The van der Waals surface area contributed by atoms with E-state index < -0.39 is 15.9 Å². The van der Waals surface area contributed by atoms with Gasteiger partial charge in [0, 0.05) is 31.4 Å². The fourth-order valence-electron chi connectivity index (χ4n) is 5.22. The number of nitrogens with zero attached hydrogens (tertiary/aromatic N) is 4. The largest absolute Gasteiger partial charge is 0.469 e. The number of aromatic nitrogens is 2. The molecule has 36 heavy (non-hydrogen) atoms. The number of pyridine rings is 2. The van der Waals surface area contributed by atoms with Crippen molar-refractivity contribution in [2.45, 2.75) is 50.6 Å². The van der Waals surface area contributed by atoms with Crippen molar-refractivity contribution in [3.05, 3.63) is 42.1 Å². The summed E-state index contributed by atoms with van der Waals surface area (Å²) in [4.78, 5) is 37.7. The Bertz CT molecular complexity index is 1240. The standard InChI is InChI=1S/C25H33N5O5S/c1-17-15-25(2,3)30(16-17)22-19(7-6-12-26-22)23(31)28-36(33,34)21-9-5-8-20(27-21)29-13-10-18(11-14-29)24(32)35-4/h5-9,12,17-18H,10-11,13-16H2,1-4H3,(H,28,31). The number of amides is 1. The lowest BCUT2D eigenvalue weighted by Gasteiger charge is -2.33. The molecule has 2 aromatic heterocycles. The fraction of sp³-hybridized carbons (Fsp3) is 0.520. The van der Waals surface area contributed by atoms with Gasteiger partial charge >= 0.3 is 5.97 Å². The van der Waals surface area contributed by atoms with Crippen molar-refractivity contribution < 1.29 is 22.7 Å². The number of rotatable bonds is 6. The zero-order chi connectivity index (χ0) is 26.1. The molecule has 1 amide bonds. The Hall–Kier alpha value is -3.21. The summed E-state index contributed by atoms with van der Waals surface area (Å²) in [7, 11) is -2.86. The van der Waals surface area contributed by atoms with Gasteiger partial charge in [-0.15, -0.1) is 0 Å². The quantitative estimate of drug-likeness (QED) is 0.579. The lowest BCUT2D eigenvalue weighted by atomic mass is 9.97. The number of methoxy groups -OCH3 is 1. The van der Waals surface area contributed by atoms with E-state index in [1.807, 2.05) is 4.90 Å². The monoisotopic (exact) mass is 515 g/mol. The first-order chi connectivity index (χ1) is 17.0. The van der Waals surface area contributed by atoms with E-state index in [-0.39, 0.29) is 28.0 Å². The zero-order valence-corrected chi connectivity index (χ0v) is 21.9. The highest BCUT2D eigenvalue weighted by molar-refractivity contribution is 7.90. The first-order valence-electron chi connectivity index (χ1n) is 12.1. The van der Waals surface area contributed by atoms with Crippen molar-refractivity contribution in [2.75, 3.05) is 36.5 Å². The Morgan fingerprint density at radius 2 is 1.86 bits per heavy atom. The molecule has 11 heteroatoms. The van der Waals surface area contributed by atoms with Crippen LogP contribution in [0, 0.1) is 11.8 Å². The van der Waals surface area contributed by atoms with Gasteiger partial charge in [-0.25, -0.2) is 14.7 Å². The van der Waals surface area contributed by atoms with E-state index in [0.717, 1.165) is 13.0 Å². The fourth-order valence-corrected chi connectivity index (χ4v) is 6.15. The molecular formula is C25H33N5O5S. The molecule has 2 aromatic rings. The van der Waals surface area contributed by atoms with Crippen LogP contribution in [0.15, 0.2) is 41.6 Å². The molecule has 1 atom stereocenters. The van der Waals surface area contributed by atoms with Crippen molar-refractivity contribution in [1.82, 2.24) is 14.7 Å². The molecule has 1 unspecified atom stereocenters. The minimum atomic E-state index is -4.23. The van der Waals surface area contributed by atoms with E-state index in [2.05, 4.69) is 40.4 Å². The molecule has 0 spiro atoms. The van der Waals surface area contributed by atoms with E-state index >= 15 is 0 Å². The van der Waals surface area contributed by atoms with Crippen LogP contribution >= 0.6 is 0 Å². The zero-order valence-electron chi connectivity index (χ0n) is 21.1. The summed E-state index contributed by atoms with van der Waals surface area (Å²) in [6, 6.07) is 7.87. The van der Waals surface area contributed by atoms with Gasteiger partial charge in [0.05, 0.1) is 18.6 Å². The topological polar surface area (TPSA) is 122 Å². The summed E-state index contributed by atoms with van der Waals surface area (Å²) in [6.45, 7) is 8.15. The van der Waals surface area contributed by atoms with Gasteiger partial charge in [-0.05, 0) is 63.3 Å². The molecule has 0 bridgehead atoms. The molecule has 2 aliphatic rings. The molecule has 0 radical (unpaired) electrons. The van der Waals surface area contributed by atoms with Crippen LogP contribution in [0.4, 0.5) is 11.6 Å². The molecule has 1 N–H and O–H groups in total. The number of hydrogen-bond acceptors (Lipinski definition) is 9. The highest BCUT2D eigenvalue weighted by Crippen LogP contribution is 2.37. The SMILES string of the molecule is COC(=O)C1CCN(c2cccc(S(=O)(=O)NC(=O)c3cccnc3N3CC(C)CC3(C)C)n2)CC1. The second-order valence-corrected chi connectivity index (χ2v) is 11.8. The Morgan fingerprint density at radius 1 is 1.14 bits per heavy atom. The third kappa shape index (κ3) is 5.30. The van der Waals surface area contributed by atoms with Crippen molar-refractivity contribution in [3.63, 3.8) is 0 Å². The molecule has 194 valence electrons. The smallest absolute Gasteiger partial charge is 0.308 e. The van der Waals surface area contributed by atoms with Crippen molar-refractivity contribution >= 4 is 33.5 Å². The van der Waals surface area contributed by atoms with Crippen LogP contribution in [0.3, 0.4) is 0 Å². The van der Waals surface area contributed by atoms with Crippen LogP contribution in [-0.2, 0) is 19.6 Å². The summed E-state index contributed by atoms with van der Waals surface area (Å²) in [5, 5.41) is -0.246. The van der Waals surface area contributed by atoms with Crippen LogP contribution in [0.5, 0.6) is 0 Å². The number of ether oxygens (including phenoxy) is 1. The second-order valence-electron chi connectivity index (χ2n) is 10.2. The summed E-state index contributed by atoms with van der Waals surface area (Å²) < 4.78 is 33.3. The van der Waals surface area contributed by atoms with Crippen molar-refractivity contribution in [2.24, 2.45) is 11.8 Å². The van der Waals surface area contributed by atoms with Crippen LogP contribution < -0.4 is 14.5 Å². The maximum atomic E-state index is 13.2. The van der Waals surface area contributed by atoms with Crippen molar-refractivity contribution in [1.29, 1.82) is 0 Å². The predicted octanol–water partition coefficient (Wildman–Crippen LogP) is 2.61. The summed E-state index contributed by atoms with van der Waals surface area (Å²) in [5.41, 5.74) is -0.0110. The number of nitrogens with one attached hydrogen (secondary N) is 1. The summed E-state index contributed by atoms with van der Waals surface area (Å²) in [6.07, 6.45) is 3.74. The van der Waals surface area contributed by atoms with E-state index in [9.17, 15) is 18.0 Å². The number of piperidine rings is 1. The molecule has 0 aromatic carbocycles. The van der Waals surface area contributed by atoms with Gasteiger partial charge in [0.25, 0.3) is 15.9 Å². The number of carbonyl (C=O) groups is 2. The lowest BCUT2D eigenvalue weighted by Crippen LogP contribution is -2.41. The van der Waals surface area contributed by atoms with E-state index in [0.29, 0.717) is 43.5 Å². The van der Waals surface area contributed by atoms with Crippen LogP contribution in [0.25, 0.3) is 0 Å². The highest BCUT2D eigenvalue weighted by Gasteiger charge is 2.39. The molecule has 4 rings (SSSR count). The molecule has 2 saturated heterocycles. The number of esters is 1. The lowest BCUT2D eigenvalue weighted by molar-refractivity contribution is -0.146. The van der Waals surface area contributed by atoms with Gasteiger partial charge in [0.2, 0.25) is 0 Å². The maximum absolute atomic E-state index is 13.2. The minimum Gasteiger partial charge on any atom is -0.469 e. The molecule has 0 saturated carbocycles. The Kier molecular flexibility index (Phi) is 7.21. The van der Waals surface area contributed by atoms with Crippen molar-refractivity contribution in [3.8, 4) is 0 Å². The van der Waals surface area contributed by atoms with Gasteiger partial charge in [-0.3, -0.25) is 9.59 Å². The van der Waals surface area contributed by atoms with Crippen LogP contribution in [0.1, 0.15) is 50.4 Å². The predicted molar refractivity (Wildman–Crippen MR) is 135 cm³/mol. The molecule has 10 nitrogen and oxygen atoms in total. The third-order valence-electron chi connectivity index (χ3n) is 6.92. The average molecular weight is 516 g/mol. The molecular weight excluding hydrogens is 482 g/mol. The molecule has 2 fully saturated rings. The Labute approximate surface area is 212 Å². The average Bonchev–Trinajstić information content (AvgIpc) is 3.14. The first-order valence-corrected chi connectivity index (χ1v) is 13.6. The number of hydrogen-bond donors (Lipinski definition) is 1. The van der Waals surface area contributed by atoms with Gasteiger partial charge < -0.3 is 14.5 Å². The number of anilines is 2. The Balaban J connectivity index is 1.52. The molecule has 0 aliphatic carbocycles. The van der Waals surface area contributed by atoms with Gasteiger partial charge in [0.1, 0.15) is 11.6 Å².